The van der Waals surface area contributed by atoms with Crippen molar-refractivity contribution in [2.75, 3.05) is 13.1 Å². The van der Waals surface area contributed by atoms with Crippen LogP contribution < -0.4 is 10.6 Å². The fourth-order valence-corrected chi connectivity index (χ4v) is 2.41. The number of carbonyl (C=O) groups excluding carboxylic acids is 1. The molecule has 0 saturated carbocycles. The molecule has 0 radical (unpaired) electrons. The van der Waals surface area contributed by atoms with Gasteiger partial charge in [-0.3, -0.25) is 4.79 Å². The maximum absolute atomic E-state index is 11.9. The van der Waals surface area contributed by atoms with Crippen LogP contribution in [0.4, 0.5) is 0 Å². The van der Waals surface area contributed by atoms with E-state index in [-0.39, 0.29) is 36.8 Å². The number of aromatic nitrogens is 1. The highest BCUT2D eigenvalue weighted by Gasteiger charge is 2.13. The molecule has 0 fully saturated rings. The van der Waals surface area contributed by atoms with Gasteiger partial charge in [-0.05, 0) is 20.4 Å². The Morgan fingerprint density at radius 2 is 1.92 bits per heavy atom. The van der Waals surface area contributed by atoms with Crippen LogP contribution in [-0.2, 0) is 11.2 Å². The van der Waals surface area contributed by atoms with Gasteiger partial charge in [-0.2, -0.15) is 0 Å². The van der Waals surface area contributed by atoms with E-state index in [1.165, 1.54) is 0 Å². The average Bonchev–Trinajstić information content (AvgIpc) is 2.93. The lowest BCUT2D eigenvalue weighted by molar-refractivity contribution is -0.121. The van der Waals surface area contributed by atoms with Gasteiger partial charge >= 0.3 is 0 Å². The van der Waals surface area contributed by atoms with Gasteiger partial charge < -0.3 is 15.1 Å². The zero-order valence-corrected chi connectivity index (χ0v) is 16.5. The zero-order chi connectivity index (χ0) is 16.7. The van der Waals surface area contributed by atoms with Crippen LogP contribution in [0.3, 0.4) is 0 Å². The van der Waals surface area contributed by atoms with E-state index in [4.69, 9.17) is 4.42 Å². The molecule has 1 heterocycles. The summed E-state index contributed by atoms with van der Waals surface area (Å²) in [6, 6.07) is 10.2. The third kappa shape index (κ3) is 7.46. The molecule has 5 nitrogen and oxygen atoms in total. The maximum Gasteiger partial charge on any atom is 0.220 e. The number of hydrogen-bond acceptors (Lipinski definition) is 4. The van der Waals surface area contributed by atoms with Crippen LogP contribution in [0.25, 0.3) is 11.3 Å². The van der Waals surface area contributed by atoms with E-state index in [0.29, 0.717) is 25.3 Å². The van der Waals surface area contributed by atoms with E-state index in [1.54, 1.807) is 0 Å². The topological polar surface area (TPSA) is 67.2 Å². The van der Waals surface area contributed by atoms with Crippen molar-refractivity contribution in [3.8, 4) is 11.3 Å². The largest absolute Gasteiger partial charge is 0.440 e. The van der Waals surface area contributed by atoms with Gasteiger partial charge in [-0.15, -0.1) is 24.8 Å². The minimum Gasteiger partial charge on any atom is -0.440 e. The van der Waals surface area contributed by atoms with Gasteiger partial charge in [-0.25, -0.2) is 4.98 Å². The highest BCUT2D eigenvalue weighted by atomic mass is 35.5. The number of rotatable bonds is 8. The molecule has 0 saturated heterocycles. The van der Waals surface area contributed by atoms with E-state index >= 15 is 0 Å². The van der Waals surface area contributed by atoms with Crippen LogP contribution in [0.1, 0.15) is 31.9 Å². The number of carbonyl (C=O) groups is 1. The van der Waals surface area contributed by atoms with Crippen LogP contribution in [0.2, 0.25) is 0 Å². The number of aryl methyl sites for hydroxylation is 2. The van der Waals surface area contributed by atoms with Crippen molar-refractivity contribution in [1.29, 1.82) is 0 Å². The molecule has 1 atom stereocenters. The molecule has 1 amide bonds. The second kappa shape index (κ2) is 11.9. The van der Waals surface area contributed by atoms with Gasteiger partial charge in [0, 0.05) is 31.0 Å². The molecule has 1 aromatic heterocycles. The lowest BCUT2D eigenvalue weighted by atomic mass is 10.1. The number of nitrogens with one attached hydrogen (secondary N) is 2. The summed E-state index contributed by atoms with van der Waals surface area (Å²) in [6.07, 6.45) is 0.891. The highest BCUT2D eigenvalue weighted by Crippen LogP contribution is 2.24. The summed E-state index contributed by atoms with van der Waals surface area (Å²) in [5.74, 6) is 1.41. The lowest BCUT2D eigenvalue weighted by Gasteiger charge is -2.12. The van der Waals surface area contributed by atoms with Crippen molar-refractivity contribution in [2.24, 2.45) is 0 Å². The Bertz CT molecular complexity index is 633. The van der Waals surface area contributed by atoms with Crippen LogP contribution >= 0.6 is 24.8 Å². The summed E-state index contributed by atoms with van der Waals surface area (Å²) in [7, 11) is 0. The normalized spacial score (nSPS) is 11.2. The second-order valence-electron chi connectivity index (χ2n) is 5.65. The Hall–Kier alpha value is -1.56. The quantitative estimate of drug-likeness (QED) is 0.726. The first-order chi connectivity index (χ1) is 11.1. The van der Waals surface area contributed by atoms with Crippen LogP contribution in [0.5, 0.6) is 0 Å². The number of benzene rings is 1. The maximum atomic E-state index is 11.9. The summed E-state index contributed by atoms with van der Waals surface area (Å²) < 4.78 is 5.81. The van der Waals surface area contributed by atoms with Crippen molar-refractivity contribution < 1.29 is 9.21 Å². The van der Waals surface area contributed by atoms with Crippen molar-refractivity contribution in [2.45, 2.75) is 39.7 Å². The Balaban J connectivity index is 0.00000288. The SMILES string of the molecule is CCN[C@H](C)CNC(=O)CCc1nc(C)c(-c2ccccc2)o1.Cl.Cl. The number of likely N-dealkylation sites (N-methyl/N-ethyl adjacent to an activating group) is 1. The number of nitrogens with zero attached hydrogens (tertiary/aromatic N) is 1. The standard InChI is InChI=1S/C18H25N3O2.2ClH/c1-4-19-13(2)12-20-16(22)10-11-17-21-14(3)18(23-17)15-8-6-5-7-9-15;;/h5-9,13,19H,4,10-12H2,1-3H3,(H,20,22);2*1H/t13-;;/m1../s1. The Morgan fingerprint density at radius 1 is 1.24 bits per heavy atom. The molecular weight excluding hydrogens is 361 g/mol. The molecule has 0 spiro atoms. The van der Waals surface area contributed by atoms with Gasteiger partial charge in [0.05, 0.1) is 5.69 Å². The average molecular weight is 388 g/mol. The Kier molecular flexibility index (Phi) is 11.2. The second-order valence-corrected chi connectivity index (χ2v) is 5.65. The van der Waals surface area contributed by atoms with Gasteiger partial charge in [0.1, 0.15) is 0 Å². The molecule has 2 aromatic rings. The monoisotopic (exact) mass is 387 g/mol. The third-order valence-electron chi connectivity index (χ3n) is 3.60. The van der Waals surface area contributed by atoms with Crippen molar-refractivity contribution in [3.05, 3.63) is 41.9 Å². The molecule has 0 bridgehead atoms. The third-order valence-corrected chi connectivity index (χ3v) is 3.60. The summed E-state index contributed by atoms with van der Waals surface area (Å²) >= 11 is 0. The molecule has 2 rings (SSSR count). The predicted octanol–water partition coefficient (Wildman–Crippen LogP) is 3.54. The van der Waals surface area contributed by atoms with Crippen LogP contribution in [0.15, 0.2) is 34.7 Å². The Morgan fingerprint density at radius 3 is 2.56 bits per heavy atom. The first-order valence-corrected chi connectivity index (χ1v) is 8.12. The van der Waals surface area contributed by atoms with Crippen LogP contribution in [-0.4, -0.2) is 30.0 Å². The van der Waals surface area contributed by atoms with Crippen LogP contribution in [0, 0.1) is 6.92 Å². The van der Waals surface area contributed by atoms with Gasteiger partial charge in [-0.1, -0.05) is 37.3 Å². The molecule has 2 N–H and O–H groups in total. The molecule has 0 aliphatic rings. The lowest BCUT2D eigenvalue weighted by Crippen LogP contribution is -2.38. The first kappa shape index (κ1) is 23.4. The van der Waals surface area contributed by atoms with Crippen molar-refractivity contribution in [1.82, 2.24) is 15.6 Å². The molecular formula is C18H27Cl2N3O2. The number of oxazole rings is 1. The molecule has 25 heavy (non-hydrogen) atoms. The Labute approximate surface area is 161 Å². The molecule has 0 aliphatic carbocycles. The predicted molar refractivity (Wildman–Crippen MR) is 106 cm³/mol. The fourth-order valence-electron chi connectivity index (χ4n) is 2.41. The highest BCUT2D eigenvalue weighted by molar-refractivity contribution is 5.85. The van der Waals surface area contributed by atoms with Crippen molar-refractivity contribution >= 4 is 30.7 Å². The smallest absolute Gasteiger partial charge is 0.220 e. The molecule has 1 aromatic carbocycles. The van der Waals surface area contributed by atoms with E-state index in [1.807, 2.05) is 51.1 Å². The van der Waals surface area contributed by atoms with E-state index < -0.39 is 0 Å². The molecule has 0 unspecified atom stereocenters. The van der Waals surface area contributed by atoms with Crippen molar-refractivity contribution in [3.63, 3.8) is 0 Å². The van der Waals surface area contributed by atoms with E-state index in [2.05, 4.69) is 15.6 Å². The summed E-state index contributed by atoms with van der Waals surface area (Å²) in [5, 5.41) is 6.18. The number of hydrogen-bond donors (Lipinski definition) is 2. The number of halogens is 2. The summed E-state index contributed by atoms with van der Waals surface area (Å²) in [6.45, 7) is 7.55. The van der Waals surface area contributed by atoms with Gasteiger partial charge in [0.2, 0.25) is 5.91 Å². The molecule has 7 heteroatoms. The van der Waals surface area contributed by atoms with E-state index in [0.717, 1.165) is 23.6 Å². The van der Waals surface area contributed by atoms with Gasteiger partial charge in [0.25, 0.3) is 0 Å². The molecule has 140 valence electrons. The number of amides is 1. The minimum absolute atomic E-state index is 0. The zero-order valence-electron chi connectivity index (χ0n) is 14.9. The fraction of sp³-hybridized carbons (Fsp3) is 0.444. The van der Waals surface area contributed by atoms with E-state index in [9.17, 15) is 4.79 Å². The summed E-state index contributed by atoms with van der Waals surface area (Å²) in [4.78, 5) is 16.3. The molecule has 0 aliphatic heterocycles. The first-order valence-electron chi connectivity index (χ1n) is 8.12. The minimum atomic E-state index is 0. The summed E-state index contributed by atoms with van der Waals surface area (Å²) in [5.41, 5.74) is 1.86. The van der Waals surface area contributed by atoms with Gasteiger partial charge in [0.15, 0.2) is 11.7 Å².